The van der Waals surface area contributed by atoms with Crippen molar-refractivity contribution in [3.63, 3.8) is 0 Å². The van der Waals surface area contributed by atoms with Crippen LogP contribution in [0.3, 0.4) is 0 Å². The maximum absolute atomic E-state index is 10.6. The van der Waals surface area contributed by atoms with Crippen molar-refractivity contribution in [2.75, 3.05) is 0 Å². The van der Waals surface area contributed by atoms with E-state index in [0.29, 0.717) is 18.3 Å². The van der Waals surface area contributed by atoms with E-state index < -0.39 is 0 Å². The quantitative estimate of drug-likeness (QED) is 0.576. The minimum atomic E-state index is 0.139. The standard InChI is InChI=1S/C9H14O2/c1-7-2-3-8(4-5-10)9(7)6-11/h5-9H,2-4H2,1H3. The number of carbonyl (C=O) groups excluding carboxylic acids is 2. The van der Waals surface area contributed by atoms with Crippen molar-refractivity contribution < 1.29 is 9.59 Å². The van der Waals surface area contributed by atoms with Crippen LogP contribution in [0, 0.1) is 17.8 Å². The molecule has 0 spiro atoms. The zero-order chi connectivity index (χ0) is 8.27. The molecule has 0 heterocycles. The normalized spacial score (nSPS) is 37.0. The van der Waals surface area contributed by atoms with E-state index in [4.69, 9.17) is 0 Å². The molecule has 1 aliphatic carbocycles. The molecule has 11 heavy (non-hydrogen) atoms. The van der Waals surface area contributed by atoms with Gasteiger partial charge in [0.1, 0.15) is 12.6 Å². The van der Waals surface area contributed by atoms with Crippen LogP contribution in [-0.4, -0.2) is 12.6 Å². The lowest BCUT2D eigenvalue weighted by Crippen LogP contribution is -2.14. The summed E-state index contributed by atoms with van der Waals surface area (Å²) in [5, 5.41) is 0. The lowest BCUT2D eigenvalue weighted by atomic mass is 9.90. The van der Waals surface area contributed by atoms with Gasteiger partial charge in [-0.25, -0.2) is 0 Å². The molecule has 0 N–H and O–H groups in total. The summed E-state index contributed by atoms with van der Waals surface area (Å²) < 4.78 is 0. The summed E-state index contributed by atoms with van der Waals surface area (Å²) in [4.78, 5) is 20.8. The van der Waals surface area contributed by atoms with Crippen LogP contribution < -0.4 is 0 Å². The van der Waals surface area contributed by atoms with Crippen molar-refractivity contribution in [2.24, 2.45) is 17.8 Å². The van der Waals surface area contributed by atoms with E-state index >= 15 is 0 Å². The number of aldehydes is 2. The molecule has 2 nitrogen and oxygen atoms in total. The Morgan fingerprint density at radius 2 is 2.09 bits per heavy atom. The number of carbonyl (C=O) groups is 2. The first kappa shape index (κ1) is 8.44. The fourth-order valence-corrected chi connectivity index (χ4v) is 1.97. The van der Waals surface area contributed by atoms with Crippen LogP contribution in [0.25, 0.3) is 0 Å². The summed E-state index contributed by atoms with van der Waals surface area (Å²) >= 11 is 0. The monoisotopic (exact) mass is 154 g/mol. The Hall–Kier alpha value is -0.660. The zero-order valence-corrected chi connectivity index (χ0v) is 6.82. The van der Waals surface area contributed by atoms with Crippen LogP contribution >= 0.6 is 0 Å². The van der Waals surface area contributed by atoms with Gasteiger partial charge in [-0.3, -0.25) is 0 Å². The van der Waals surface area contributed by atoms with E-state index in [1.807, 2.05) is 0 Å². The molecular formula is C9H14O2. The first-order valence-electron chi connectivity index (χ1n) is 4.18. The van der Waals surface area contributed by atoms with E-state index in [-0.39, 0.29) is 5.92 Å². The fraction of sp³-hybridized carbons (Fsp3) is 0.778. The van der Waals surface area contributed by atoms with Gasteiger partial charge in [-0.1, -0.05) is 6.92 Å². The molecule has 0 aliphatic heterocycles. The van der Waals surface area contributed by atoms with E-state index in [2.05, 4.69) is 6.92 Å². The van der Waals surface area contributed by atoms with Gasteiger partial charge in [0.05, 0.1) is 0 Å². The van der Waals surface area contributed by atoms with Gasteiger partial charge in [-0.15, -0.1) is 0 Å². The maximum Gasteiger partial charge on any atom is 0.123 e. The molecule has 0 aromatic heterocycles. The van der Waals surface area contributed by atoms with E-state index in [9.17, 15) is 9.59 Å². The highest BCUT2D eigenvalue weighted by Gasteiger charge is 2.32. The predicted octanol–water partition coefficient (Wildman–Crippen LogP) is 1.44. The Balaban J connectivity index is 2.53. The molecule has 0 aromatic rings. The van der Waals surface area contributed by atoms with Crippen LogP contribution in [0.1, 0.15) is 26.2 Å². The van der Waals surface area contributed by atoms with Crippen LogP contribution in [-0.2, 0) is 9.59 Å². The van der Waals surface area contributed by atoms with Crippen molar-refractivity contribution in [2.45, 2.75) is 26.2 Å². The summed E-state index contributed by atoms with van der Waals surface area (Å²) in [6.45, 7) is 2.09. The average molecular weight is 154 g/mol. The second kappa shape index (κ2) is 3.65. The Morgan fingerprint density at radius 1 is 1.36 bits per heavy atom. The van der Waals surface area contributed by atoms with Crippen LogP contribution in [0.4, 0.5) is 0 Å². The highest BCUT2D eigenvalue weighted by molar-refractivity contribution is 5.58. The topological polar surface area (TPSA) is 34.1 Å². The van der Waals surface area contributed by atoms with Crippen LogP contribution in [0.15, 0.2) is 0 Å². The Morgan fingerprint density at radius 3 is 2.64 bits per heavy atom. The van der Waals surface area contributed by atoms with Gasteiger partial charge in [-0.2, -0.15) is 0 Å². The molecule has 1 saturated carbocycles. The molecule has 0 bridgehead atoms. The highest BCUT2D eigenvalue weighted by Crippen LogP contribution is 2.36. The van der Waals surface area contributed by atoms with Crippen molar-refractivity contribution in [3.8, 4) is 0 Å². The van der Waals surface area contributed by atoms with Gasteiger partial charge in [0.2, 0.25) is 0 Å². The Labute approximate surface area is 67.0 Å². The summed E-state index contributed by atoms with van der Waals surface area (Å²) in [7, 11) is 0. The summed E-state index contributed by atoms with van der Waals surface area (Å²) in [5.74, 6) is 0.956. The SMILES string of the molecule is CC1CCC(CC=O)C1C=O. The second-order valence-electron chi connectivity index (χ2n) is 3.43. The summed E-state index contributed by atoms with van der Waals surface area (Å²) in [6, 6.07) is 0. The molecule has 0 radical (unpaired) electrons. The largest absolute Gasteiger partial charge is 0.303 e. The first-order valence-corrected chi connectivity index (χ1v) is 4.18. The average Bonchev–Trinajstić information content (AvgIpc) is 2.33. The van der Waals surface area contributed by atoms with E-state index in [0.717, 1.165) is 25.4 Å². The minimum Gasteiger partial charge on any atom is -0.303 e. The van der Waals surface area contributed by atoms with Gasteiger partial charge in [0.15, 0.2) is 0 Å². The second-order valence-corrected chi connectivity index (χ2v) is 3.43. The molecule has 1 rings (SSSR count). The third-order valence-electron chi connectivity index (χ3n) is 2.75. The van der Waals surface area contributed by atoms with Gasteiger partial charge in [0, 0.05) is 12.3 Å². The molecule has 3 unspecified atom stereocenters. The summed E-state index contributed by atoms with van der Waals surface area (Å²) in [6.07, 6.45) is 4.66. The molecule has 2 heteroatoms. The molecular weight excluding hydrogens is 140 g/mol. The van der Waals surface area contributed by atoms with Crippen molar-refractivity contribution in [1.29, 1.82) is 0 Å². The smallest absolute Gasteiger partial charge is 0.123 e. The minimum absolute atomic E-state index is 0.139. The van der Waals surface area contributed by atoms with Gasteiger partial charge in [0.25, 0.3) is 0 Å². The van der Waals surface area contributed by atoms with Gasteiger partial charge in [-0.05, 0) is 24.7 Å². The van der Waals surface area contributed by atoms with Crippen LogP contribution in [0.2, 0.25) is 0 Å². The molecule has 62 valence electrons. The first-order chi connectivity index (χ1) is 5.29. The predicted molar refractivity (Wildman–Crippen MR) is 42.1 cm³/mol. The van der Waals surface area contributed by atoms with Crippen molar-refractivity contribution >= 4 is 12.6 Å². The van der Waals surface area contributed by atoms with Crippen molar-refractivity contribution in [3.05, 3.63) is 0 Å². The van der Waals surface area contributed by atoms with Gasteiger partial charge >= 0.3 is 0 Å². The fourth-order valence-electron chi connectivity index (χ4n) is 1.97. The third kappa shape index (κ3) is 1.67. The maximum atomic E-state index is 10.6. The highest BCUT2D eigenvalue weighted by atomic mass is 16.1. The Bertz CT molecular complexity index is 154. The lowest BCUT2D eigenvalue weighted by molar-refractivity contribution is -0.113. The van der Waals surface area contributed by atoms with Crippen molar-refractivity contribution in [1.82, 2.24) is 0 Å². The lowest BCUT2D eigenvalue weighted by Gasteiger charge is -2.13. The van der Waals surface area contributed by atoms with Gasteiger partial charge < -0.3 is 9.59 Å². The molecule has 1 fully saturated rings. The number of hydrogen-bond donors (Lipinski definition) is 0. The molecule has 1 aliphatic rings. The van der Waals surface area contributed by atoms with E-state index in [1.165, 1.54) is 0 Å². The number of hydrogen-bond acceptors (Lipinski definition) is 2. The van der Waals surface area contributed by atoms with Crippen LogP contribution in [0.5, 0.6) is 0 Å². The van der Waals surface area contributed by atoms with E-state index in [1.54, 1.807) is 0 Å². The molecule has 0 aromatic carbocycles. The molecule has 0 saturated heterocycles. The Kier molecular flexibility index (Phi) is 2.80. The number of rotatable bonds is 3. The molecule has 3 atom stereocenters. The zero-order valence-electron chi connectivity index (χ0n) is 6.82. The molecule has 0 amide bonds. The third-order valence-corrected chi connectivity index (χ3v) is 2.75. The summed E-state index contributed by atoms with van der Waals surface area (Å²) in [5.41, 5.74) is 0.